The molecule has 3 saturated heterocycles. The lowest BCUT2D eigenvalue weighted by Crippen LogP contribution is -2.45. The fourth-order valence-electron chi connectivity index (χ4n) is 3.33. The van der Waals surface area contributed by atoms with E-state index >= 15 is 0 Å². The van der Waals surface area contributed by atoms with Crippen molar-refractivity contribution >= 4 is 34.4 Å². The van der Waals surface area contributed by atoms with Gasteiger partial charge in [-0.05, 0) is 42.7 Å². The highest BCUT2D eigenvalue weighted by Gasteiger charge is 2.36. The van der Waals surface area contributed by atoms with Gasteiger partial charge in [-0.1, -0.05) is 17.7 Å². The van der Waals surface area contributed by atoms with Crippen LogP contribution >= 0.6 is 11.6 Å². The Morgan fingerprint density at radius 2 is 2.05 bits per heavy atom. The van der Waals surface area contributed by atoms with E-state index in [2.05, 4.69) is 9.88 Å². The normalized spacial score (nSPS) is 20.7. The van der Waals surface area contributed by atoms with Crippen LogP contribution in [0.4, 0.5) is 0 Å². The smallest absolute Gasteiger partial charge is 0.182 e. The van der Waals surface area contributed by atoms with Gasteiger partial charge in [0.15, 0.2) is 5.78 Å². The largest absolute Gasteiger partial charge is 0.369 e. The second-order valence-electron chi connectivity index (χ2n) is 5.72. The number of fused-ring (bicyclic) bond motifs is 4. The topological polar surface area (TPSA) is 33.2 Å². The molecule has 2 aromatic rings. The molecule has 0 N–H and O–H groups in total. The maximum absolute atomic E-state index is 12.4. The lowest BCUT2D eigenvalue weighted by Gasteiger charge is -2.41. The summed E-state index contributed by atoms with van der Waals surface area (Å²) in [5, 5.41) is 1.71. The predicted molar refractivity (Wildman–Crippen MR) is 84.0 cm³/mol. The Kier molecular flexibility index (Phi) is 2.96. The Morgan fingerprint density at radius 1 is 1.24 bits per heavy atom. The first-order valence-electron chi connectivity index (χ1n) is 7.27. The average molecular weight is 299 g/mol. The van der Waals surface area contributed by atoms with Gasteiger partial charge in [0.1, 0.15) is 0 Å². The van der Waals surface area contributed by atoms with Gasteiger partial charge in [-0.3, -0.25) is 9.78 Å². The standard InChI is InChI=1S/C17H15ClN2O/c18-13-1-2-14-12(3-6-19-15(14)10-13)9-16-17(21)11-4-7-20(16)8-5-11/h1-3,6,9-11H,4-5,7-8H2. The first-order valence-corrected chi connectivity index (χ1v) is 7.65. The lowest BCUT2D eigenvalue weighted by molar-refractivity contribution is -0.125. The highest BCUT2D eigenvalue weighted by Crippen LogP contribution is 2.33. The van der Waals surface area contributed by atoms with Crippen molar-refractivity contribution in [1.82, 2.24) is 9.88 Å². The van der Waals surface area contributed by atoms with Gasteiger partial charge in [-0.25, -0.2) is 0 Å². The summed E-state index contributed by atoms with van der Waals surface area (Å²) in [6.07, 6.45) is 5.79. The summed E-state index contributed by atoms with van der Waals surface area (Å²) in [5.41, 5.74) is 2.76. The minimum absolute atomic E-state index is 0.226. The van der Waals surface area contributed by atoms with Crippen LogP contribution in [0.3, 0.4) is 0 Å². The Labute approximate surface area is 128 Å². The Bertz CT molecular complexity index is 760. The van der Waals surface area contributed by atoms with E-state index in [0.717, 1.165) is 48.1 Å². The molecular weight excluding hydrogens is 284 g/mol. The van der Waals surface area contributed by atoms with Gasteiger partial charge >= 0.3 is 0 Å². The maximum Gasteiger partial charge on any atom is 0.182 e. The van der Waals surface area contributed by atoms with Gasteiger partial charge in [0.2, 0.25) is 0 Å². The van der Waals surface area contributed by atoms with E-state index in [9.17, 15) is 4.79 Å². The number of piperidine rings is 3. The van der Waals surface area contributed by atoms with Crippen molar-refractivity contribution in [2.75, 3.05) is 13.1 Å². The summed E-state index contributed by atoms with van der Waals surface area (Å²) in [4.78, 5) is 19.0. The molecule has 0 unspecified atom stereocenters. The van der Waals surface area contributed by atoms with Crippen molar-refractivity contribution in [2.24, 2.45) is 5.92 Å². The zero-order chi connectivity index (χ0) is 14.4. The van der Waals surface area contributed by atoms with Gasteiger partial charge in [0.25, 0.3) is 0 Å². The molecule has 1 aromatic carbocycles. The number of halogens is 1. The number of allylic oxidation sites excluding steroid dienone is 1. The van der Waals surface area contributed by atoms with Crippen LogP contribution in [0.1, 0.15) is 18.4 Å². The minimum Gasteiger partial charge on any atom is -0.369 e. The van der Waals surface area contributed by atoms with E-state index in [1.165, 1.54) is 0 Å². The number of ketones is 1. The molecule has 4 heterocycles. The third-order valence-electron chi connectivity index (χ3n) is 4.49. The molecule has 4 heteroatoms. The summed E-state index contributed by atoms with van der Waals surface area (Å²) in [5.74, 6) is 0.523. The van der Waals surface area contributed by atoms with Crippen molar-refractivity contribution in [3.8, 4) is 0 Å². The van der Waals surface area contributed by atoms with E-state index in [1.54, 1.807) is 6.20 Å². The molecule has 0 spiro atoms. The fourth-order valence-corrected chi connectivity index (χ4v) is 3.49. The van der Waals surface area contributed by atoms with Crippen molar-refractivity contribution in [3.05, 3.63) is 46.7 Å². The Morgan fingerprint density at radius 3 is 2.81 bits per heavy atom. The monoisotopic (exact) mass is 298 g/mol. The first-order chi connectivity index (χ1) is 10.2. The van der Waals surface area contributed by atoms with Crippen LogP contribution in [-0.4, -0.2) is 28.8 Å². The zero-order valence-electron chi connectivity index (χ0n) is 11.6. The minimum atomic E-state index is 0.226. The number of carbonyl (C=O) groups is 1. The van der Waals surface area contributed by atoms with Crippen molar-refractivity contribution in [3.63, 3.8) is 0 Å². The second kappa shape index (κ2) is 4.85. The zero-order valence-corrected chi connectivity index (χ0v) is 12.3. The number of pyridine rings is 1. The molecule has 0 radical (unpaired) electrons. The average Bonchev–Trinajstić information content (AvgIpc) is 2.51. The lowest BCUT2D eigenvalue weighted by atomic mass is 9.84. The van der Waals surface area contributed by atoms with Crippen LogP contribution in [0, 0.1) is 5.92 Å². The molecule has 3 aliphatic heterocycles. The van der Waals surface area contributed by atoms with Crippen LogP contribution in [0.25, 0.3) is 17.0 Å². The van der Waals surface area contributed by atoms with Crippen molar-refractivity contribution in [1.29, 1.82) is 0 Å². The van der Waals surface area contributed by atoms with E-state index in [4.69, 9.17) is 11.6 Å². The number of rotatable bonds is 1. The predicted octanol–water partition coefficient (Wildman–Crippen LogP) is 3.52. The third-order valence-corrected chi connectivity index (χ3v) is 4.72. The first kappa shape index (κ1) is 12.8. The Balaban J connectivity index is 1.84. The fraction of sp³-hybridized carbons (Fsp3) is 0.294. The molecule has 0 saturated carbocycles. The van der Waals surface area contributed by atoms with Gasteiger partial charge in [-0.2, -0.15) is 0 Å². The van der Waals surface area contributed by atoms with Crippen LogP contribution in [0.15, 0.2) is 36.2 Å². The number of benzene rings is 1. The SMILES string of the molecule is O=C1C(=Cc2ccnc3cc(Cl)ccc23)N2CCC1CC2. The summed E-state index contributed by atoms with van der Waals surface area (Å²) < 4.78 is 0. The number of hydrogen-bond acceptors (Lipinski definition) is 3. The molecule has 3 nitrogen and oxygen atoms in total. The quantitative estimate of drug-likeness (QED) is 0.755. The van der Waals surface area contributed by atoms with Crippen LogP contribution in [0.2, 0.25) is 5.02 Å². The molecule has 0 atom stereocenters. The molecule has 1 aromatic heterocycles. The number of hydrogen-bond donors (Lipinski definition) is 0. The Hall–Kier alpha value is -1.87. The molecule has 21 heavy (non-hydrogen) atoms. The van der Waals surface area contributed by atoms with Crippen LogP contribution < -0.4 is 0 Å². The summed E-state index contributed by atoms with van der Waals surface area (Å²) in [6, 6.07) is 7.65. The summed E-state index contributed by atoms with van der Waals surface area (Å²) in [7, 11) is 0. The highest BCUT2D eigenvalue weighted by atomic mass is 35.5. The van der Waals surface area contributed by atoms with Crippen molar-refractivity contribution < 1.29 is 4.79 Å². The van der Waals surface area contributed by atoms with Crippen molar-refractivity contribution in [2.45, 2.75) is 12.8 Å². The van der Waals surface area contributed by atoms with E-state index in [1.807, 2.05) is 30.3 Å². The molecule has 3 aliphatic rings. The third kappa shape index (κ3) is 2.12. The second-order valence-corrected chi connectivity index (χ2v) is 6.15. The summed E-state index contributed by atoms with van der Waals surface area (Å²) >= 11 is 6.02. The number of aromatic nitrogens is 1. The van der Waals surface area contributed by atoms with Gasteiger partial charge in [-0.15, -0.1) is 0 Å². The van der Waals surface area contributed by atoms with E-state index in [0.29, 0.717) is 10.8 Å². The van der Waals surface area contributed by atoms with Crippen LogP contribution in [-0.2, 0) is 4.79 Å². The van der Waals surface area contributed by atoms with Gasteiger partial charge < -0.3 is 4.90 Å². The molecular formula is C17H15ClN2O. The number of Topliss-reactive ketones (excluding diaryl/α,β-unsaturated/α-hetero) is 1. The number of carbonyl (C=O) groups excluding carboxylic acids is 1. The molecule has 5 rings (SSSR count). The molecule has 0 aliphatic carbocycles. The van der Waals surface area contributed by atoms with E-state index in [-0.39, 0.29) is 5.92 Å². The molecule has 106 valence electrons. The summed E-state index contributed by atoms with van der Waals surface area (Å²) in [6.45, 7) is 1.99. The molecule has 3 fully saturated rings. The van der Waals surface area contributed by atoms with Gasteiger partial charge in [0.05, 0.1) is 11.2 Å². The molecule has 0 amide bonds. The van der Waals surface area contributed by atoms with Gasteiger partial charge in [0, 0.05) is 35.6 Å². The number of nitrogens with zero attached hydrogens (tertiary/aromatic N) is 2. The molecule has 2 bridgehead atoms. The maximum atomic E-state index is 12.4. The van der Waals surface area contributed by atoms with E-state index < -0.39 is 0 Å². The highest BCUT2D eigenvalue weighted by molar-refractivity contribution is 6.31. The van der Waals surface area contributed by atoms with Crippen LogP contribution in [0.5, 0.6) is 0 Å².